The number of carbonyl (C=O) groups excluding carboxylic acids is 1. The van der Waals surface area contributed by atoms with Crippen LogP contribution in [0.3, 0.4) is 0 Å². The van der Waals surface area contributed by atoms with Crippen LogP contribution in [0.25, 0.3) is 10.8 Å². The molecule has 0 amide bonds. The van der Waals surface area contributed by atoms with Gasteiger partial charge in [0.1, 0.15) is 5.75 Å². The first-order chi connectivity index (χ1) is 11.3. The summed E-state index contributed by atoms with van der Waals surface area (Å²) in [5.74, 6) is 0.536. The molecule has 0 aliphatic carbocycles. The fourth-order valence-electron chi connectivity index (χ4n) is 2.41. The molecule has 0 unspecified atom stereocenters. The molecule has 0 spiro atoms. The second-order valence-electron chi connectivity index (χ2n) is 5.18. The number of hydrogen-bond acceptors (Lipinski definition) is 3. The van der Waals surface area contributed by atoms with E-state index >= 15 is 0 Å². The summed E-state index contributed by atoms with van der Waals surface area (Å²) in [6.07, 6.45) is 0.658. The Kier molecular flexibility index (Phi) is 4.89. The Morgan fingerprint density at radius 2 is 1.52 bits per heavy atom. The molecule has 0 saturated carbocycles. The van der Waals surface area contributed by atoms with Crippen molar-refractivity contribution in [3.8, 4) is 5.75 Å². The van der Waals surface area contributed by atoms with Gasteiger partial charge in [-0.05, 0) is 29.0 Å². The third-order valence-corrected chi connectivity index (χ3v) is 3.54. The zero-order chi connectivity index (χ0) is 15.9. The molecule has 116 valence electrons. The minimum atomic E-state index is -0.290. The number of carbonyl (C=O) groups is 1. The fraction of sp³-hybridized carbons (Fsp3) is 0.150. The summed E-state index contributed by atoms with van der Waals surface area (Å²) in [4.78, 5) is 12.2. The van der Waals surface area contributed by atoms with E-state index in [0.717, 1.165) is 16.5 Å². The number of hydrogen-bond donors (Lipinski definition) is 0. The first-order valence-electron chi connectivity index (χ1n) is 7.67. The van der Waals surface area contributed by atoms with Crippen LogP contribution in [-0.4, -0.2) is 19.2 Å². The van der Waals surface area contributed by atoms with Gasteiger partial charge in [-0.3, -0.25) is 0 Å². The Labute approximate surface area is 135 Å². The number of benzene rings is 3. The fourth-order valence-corrected chi connectivity index (χ4v) is 2.41. The van der Waals surface area contributed by atoms with Crippen molar-refractivity contribution in [2.75, 3.05) is 13.2 Å². The van der Waals surface area contributed by atoms with Crippen molar-refractivity contribution in [2.45, 2.75) is 6.42 Å². The van der Waals surface area contributed by atoms with E-state index in [4.69, 9.17) is 9.47 Å². The molecule has 3 aromatic rings. The van der Waals surface area contributed by atoms with E-state index in [9.17, 15) is 4.79 Å². The van der Waals surface area contributed by atoms with Crippen molar-refractivity contribution in [2.24, 2.45) is 0 Å². The first-order valence-corrected chi connectivity index (χ1v) is 7.67. The summed E-state index contributed by atoms with van der Waals surface area (Å²) in [6.45, 7) is 0.863. The lowest BCUT2D eigenvalue weighted by molar-refractivity contribution is 0.0488. The quantitative estimate of drug-likeness (QED) is 0.498. The Morgan fingerprint density at radius 3 is 2.39 bits per heavy atom. The highest BCUT2D eigenvalue weighted by Gasteiger charge is 2.10. The topological polar surface area (TPSA) is 35.5 Å². The van der Waals surface area contributed by atoms with E-state index in [1.165, 1.54) is 0 Å². The molecule has 3 nitrogen and oxygen atoms in total. The van der Waals surface area contributed by atoms with Gasteiger partial charge in [-0.25, -0.2) is 4.79 Å². The summed E-state index contributed by atoms with van der Waals surface area (Å²) in [5, 5.41) is 1.95. The van der Waals surface area contributed by atoms with E-state index in [2.05, 4.69) is 0 Å². The van der Waals surface area contributed by atoms with E-state index in [0.29, 0.717) is 25.2 Å². The van der Waals surface area contributed by atoms with Crippen molar-refractivity contribution >= 4 is 16.7 Å². The summed E-state index contributed by atoms with van der Waals surface area (Å²) in [6, 6.07) is 23.1. The number of fused-ring (bicyclic) bond motifs is 1. The summed E-state index contributed by atoms with van der Waals surface area (Å²) in [7, 11) is 0. The molecule has 0 radical (unpaired) electrons. The van der Waals surface area contributed by atoms with Crippen LogP contribution in [0.2, 0.25) is 0 Å². The third-order valence-electron chi connectivity index (χ3n) is 3.54. The number of para-hydroxylation sites is 1. The highest BCUT2D eigenvalue weighted by Crippen LogP contribution is 2.19. The maximum atomic E-state index is 12.2. The van der Waals surface area contributed by atoms with Crippen LogP contribution in [0.1, 0.15) is 16.8 Å². The van der Waals surface area contributed by atoms with Crippen LogP contribution < -0.4 is 4.74 Å². The predicted molar refractivity (Wildman–Crippen MR) is 90.8 cm³/mol. The molecule has 0 N–H and O–H groups in total. The molecule has 0 bridgehead atoms. The van der Waals surface area contributed by atoms with Gasteiger partial charge in [-0.1, -0.05) is 54.6 Å². The zero-order valence-corrected chi connectivity index (χ0v) is 12.8. The highest BCUT2D eigenvalue weighted by atomic mass is 16.5. The Balaban J connectivity index is 1.51. The normalized spacial score (nSPS) is 10.4. The second kappa shape index (κ2) is 7.45. The van der Waals surface area contributed by atoms with Gasteiger partial charge in [0.25, 0.3) is 0 Å². The van der Waals surface area contributed by atoms with Crippen molar-refractivity contribution < 1.29 is 14.3 Å². The van der Waals surface area contributed by atoms with Crippen LogP contribution >= 0.6 is 0 Å². The third kappa shape index (κ3) is 3.89. The van der Waals surface area contributed by atoms with Crippen LogP contribution in [0, 0.1) is 0 Å². The average Bonchev–Trinajstić information content (AvgIpc) is 2.61. The molecule has 0 heterocycles. The first kappa shape index (κ1) is 15.1. The Morgan fingerprint density at radius 1 is 0.783 bits per heavy atom. The smallest absolute Gasteiger partial charge is 0.338 e. The number of esters is 1. The second-order valence-corrected chi connectivity index (χ2v) is 5.18. The van der Waals surface area contributed by atoms with Gasteiger partial charge >= 0.3 is 5.97 Å². The minimum absolute atomic E-state index is 0.290. The molecule has 0 aromatic heterocycles. The lowest BCUT2D eigenvalue weighted by Gasteiger charge is -2.08. The average molecular weight is 306 g/mol. The lowest BCUT2D eigenvalue weighted by atomic mass is 10.1. The standard InChI is InChI=1S/C20H18O3/c21-20(19-13-6-9-16-8-4-5-12-18(16)19)23-15-7-14-22-17-10-2-1-3-11-17/h1-6,8-13H,7,14-15H2. The number of ether oxygens (including phenoxy) is 2. The molecular formula is C20H18O3. The molecule has 0 atom stereocenters. The van der Waals surface area contributed by atoms with E-state index in [-0.39, 0.29) is 5.97 Å². The van der Waals surface area contributed by atoms with Gasteiger partial charge in [0, 0.05) is 6.42 Å². The Bertz CT molecular complexity index is 776. The Hall–Kier alpha value is -2.81. The van der Waals surface area contributed by atoms with E-state index < -0.39 is 0 Å². The van der Waals surface area contributed by atoms with Gasteiger partial charge in [-0.2, -0.15) is 0 Å². The molecule has 0 aliphatic rings. The molecule has 3 rings (SSSR count). The number of rotatable bonds is 6. The molecule has 3 heteroatoms. The monoisotopic (exact) mass is 306 g/mol. The largest absolute Gasteiger partial charge is 0.493 e. The van der Waals surface area contributed by atoms with Crippen molar-refractivity contribution in [1.82, 2.24) is 0 Å². The van der Waals surface area contributed by atoms with Gasteiger partial charge in [-0.15, -0.1) is 0 Å². The minimum Gasteiger partial charge on any atom is -0.493 e. The van der Waals surface area contributed by atoms with E-state index in [1.54, 1.807) is 6.07 Å². The SMILES string of the molecule is O=C(OCCCOc1ccccc1)c1cccc2ccccc12. The summed E-state index contributed by atoms with van der Waals surface area (Å²) in [5.41, 5.74) is 0.604. The molecule has 0 fully saturated rings. The van der Waals surface area contributed by atoms with Gasteiger partial charge in [0.2, 0.25) is 0 Å². The van der Waals surface area contributed by atoms with Gasteiger partial charge in [0.15, 0.2) is 0 Å². The van der Waals surface area contributed by atoms with Crippen LogP contribution in [0.4, 0.5) is 0 Å². The van der Waals surface area contributed by atoms with Gasteiger partial charge in [0.05, 0.1) is 18.8 Å². The van der Waals surface area contributed by atoms with Crippen LogP contribution in [0.15, 0.2) is 72.8 Å². The maximum Gasteiger partial charge on any atom is 0.338 e. The van der Waals surface area contributed by atoms with Crippen molar-refractivity contribution in [1.29, 1.82) is 0 Å². The molecule has 23 heavy (non-hydrogen) atoms. The predicted octanol–water partition coefficient (Wildman–Crippen LogP) is 4.47. The van der Waals surface area contributed by atoms with E-state index in [1.807, 2.05) is 66.7 Å². The summed E-state index contributed by atoms with van der Waals surface area (Å²) >= 11 is 0. The molecule has 0 aliphatic heterocycles. The highest BCUT2D eigenvalue weighted by molar-refractivity contribution is 6.04. The molecule has 0 saturated heterocycles. The van der Waals surface area contributed by atoms with Crippen molar-refractivity contribution in [3.05, 3.63) is 78.4 Å². The van der Waals surface area contributed by atoms with Crippen molar-refractivity contribution in [3.63, 3.8) is 0 Å². The lowest BCUT2D eigenvalue weighted by Crippen LogP contribution is -2.09. The van der Waals surface area contributed by atoms with Gasteiger partial charge < -0.3 is 9.47 Å². The van der Waals surface area contributed by atoms with Crippen LogP contribution in [-0.2, 0) is 4.74 Å². The zero-order valence-electron chi connectivity index (χ0n) is 12.8. The molecular weight excluding hydrogens is 288 g/mol. The molecule has 3 aromatic carbocycles. The van der Waals surface area contributed by atoms with Crippen LogP contribution in [0.5, 0.6) is 5.75 Å². The summed E-state index contributed by atoms with van der Waals surface area (Å²) < 4.78 is 10.9. The maximum absolute atomic E-state index is 12.2.